The van der Waals surface area contributed by atoms with Crippen molar-refractivity contribution in [3.05, 3.63) is 59.7 Å². The SMILES string of the molecule is COc1ccc(NC(=O)[C@H](C)NC(=O)[C@H]2N3C(=O)c4ccccc4C3SC2(C)C)cc1. The maximum Gasteiger partial charge on any atom is 0.256 e. The van der Waals surface area contributed by atoms with Gasteiger partial charge in [-0.2, -0.15) is 0 Å². The summed E-state index contributed by atoms with van der Waals surface area (Å²) < 4.78 is 4.62. The van der Waals surface area contributed by atoms with Crippen molar-refractivity contribution in [1.82, 2.24) is 10.2 Å². The van der Waals surface area contributed by atoms with Crippen LogP contribution in [0.15, 0.2) is 48.5 Å². The van der Waals surface area contributed by atoms with Gasteiger partial charge >= 0.3 is 0 Å². The van der Waals surface area contributed by atoms with Crippen LogP contribution in [0.3, 0.4) is 0 Å². The second-order valence-corrected chi connectivity index (χ2v) is 9.96. The number of carbonyl (C=O) groups excluding carboxylic acids is 3. The number of hydrogen-bond donors (Lipinski definition) is 2. The Morgan fingerprint density at radius 2 is 1.81 bits per heavy atom. The Balaban J connectivity index is 1.47. The van der Waals surface area contributed by atoms with Gasteiger partial charge in [0.05, 0.1) is 7.11 Å². The summed E-state index contributed by atoms with van der Waals surface area (Å²) in [6, 6.07) is 13.0. The second kappa shape index (κ2) is 7.92. The highest BCUT2D eigenvalue weighted by atomic mass is 32.2. The van der Waals surface area contributed by atoms with Gasteiger partial charge in [-0.25, -0.2) is 0 Å². The summed E-state index contributed by atoms with van der Waals surface area (Å²) in [5.41, 5.74) is 2.18. The van der Waals surface area contributed by atoms with Gasteiger partial charge in [-0.3, -0.25) is 14.4 Å². The van der Waals surface area contributed by atoms with Gasteiger partial charge in [0.25, 0.3) is 5.91 Å². The zero-order valence-corrected chi connectivity index (χ0v) is 18.7. The van der Waals surface area contributed by atoms with E-state index in [2.05, 4.69) is 10.6 Å². The molecule has 3 amide bonds. The van der Waals surface area contributed by atoms with E-state index in [1.54, 1.807) is 61.0 Å². The van der Waals surface area contributed by atoms with Gasteiger partial charge in [0.15, 0.2) is 0 Å². The fourth-order valence-electron chi connectivity index (χ4n) is 4.09. The molecule has 2 aromatic rings. The zero-order chi connectivity index (χ0) is 22.3. The second-order valence-electron chi connectivity index (χ2n) is 8.22. The lowest BCUT2D eigenvalue weighted by Gasteiger charge is -2.30. The van der Waals surface area contributed by atoms with E-state index in [9.17, 15) is 14.4 Å². The number of anilines is 1. The summed E-state index contributed by atoms with van der Waals surface area (Å²) in [6.07, 6.45) is 0. The Bertz CT molecular complexity index is 1040. The molecule has 1 saturated heterocycles. The summed E-state index contributed by atoms with van der Waals surface area (Å²) in [6.45, 7) is 5.54. The molecule has 0 aromatic heterocycles. The summed E-state index contributed by atoms with van der Waals surface area (Å²) in [4.78, 5) is 40.5. The highest BCUT2D eigenvalue weighted by molar-refractivity contribution is 8.01. The van der Waals surface area contributed by atoms with Gasteiger partial charge in [-0.05, 0) is 56.7 Å². The van der Waals surface area contributed by atoms with Crippen LogP contribution < -0.4 is 15.4 Å². The minimum Gasteiger partial charge on any atom is -0.497 e. The van der Waals surface area contributed by atoms with Gasteiger partial charge in [0, 0.05) is 16.0 Å². The van der Waals surface area contributed by atoms with E-state index in [1.165, 1.54) is 0 Å². The third-order valence-corrected chi connectivity index (χ3v) is 7.19. The first kappa shape index (κ1) is 21.2. The number of fused-ring (bicyclic) bond motifs is 3. The number of benzene rings is 2. The highest BCUT2D eigenvalue weighted by Crippen LogP contribution is 2.56. The van der Waals surface area contributed by atoms with E-state index >= 15 is 0 Å². The summed E-state index contributed by atoms with van der Waals surface area (Å²) in [5.74, 6) is -0.131. The molecule has 0 radical (unpaired) electrons. The van der Waals surface area contributed by atoms with E-state index in [-0.39, 0.29) is 23.1 Å². The number of nitrogens with one attached hydrogen (secondary N) is 2. The van der Waals surface area contributed by atoms with Crippen LogP contribution in [-0.2, 0) is 9.59 Å². The Morgan fingerprint density at radius 1 is 1.13 bits per heavy atom. The van der Waals surface area contributed by atoms with Crippen LogP contribution in [0.5, 0.6) is 5.75 Å². The zero-order valence-electron chi connectivity index (χ0n) is 17.8. The minimum absolute atomic E-state index is 0.144. The van der Waals surface area contributed by atoms with Crippen LogP contribution in [-0.4, -0.2) is 46.6 Å². The largest absolute Gasteiger partial charge is 0.497 e. The number of amides is 3. The number of nitrogens with zero attached hydrogens (tertiary/aromatic N) is 1. The van der Waals surface area contributed by atoms with Crippen LogP contribution in [0.25, 0.3) is 0 Å². The molecular weight excluding hydrogens is 414 g/mol. The van der Waals surface area contributed by atoms with Crippen LogP contribution in [0.4, 0.5) is 5.69 Å². The molecule has 31 heavy (non-hydrogen) atoms. The van der Waals surface area contributed by atoms with Gasteiger partial charge in [0.1, 0.15) is 23.2 Å². The van der Waals surface area contributed by atoms with Crippen LogP contribution in [0.1, 0.15) is 42.1 Å². The van der Waals surface area contributed by atoms with Crippen molar-refractivity contribution in [3.63, 3.8) is 0 Å². The first-order chi connectivity index (χ1) is 14.7. The van der Waals surface area contributed by atoms with Crippen molar-refractivity contribution >= 4 is 35.2 Å². The van der Waals surface area contributed by atoms with E-state index in [0.29, 0.717) is 17.0 Å². The molecule has 2 aliphatic rings. The van der Waals surface area contributed by atoms with Crippen molar-refractivity contribution in [3.8, 4) is 5.75 Å². The summed E-state index contributed by atoms with van der Waals surface area (Å²) >= 11 is 1.59. The maximum absolute atomic E-state index is 13.2. The number of hydrogen-bond acceptors (Lipinski definition) is 5. The summed E-state index contributed by atoms with van der Waals surface area (Å²) in [7, 11) is 1.57. The molecule has 8 heteroatoms. The molecule has 2 aromatic carbocycles. The molecule has 2 aliphatic heterocycles. The first-order valence-corrected chi connectivity index (χ1v) is 11.0. The molecule has 1 fully saturated rings. The topological polar surface area (TPSA) is 87.7 Å². The molecule has 2 heterocycles. The number of carbonyl (C=O) groups is 3. The fourth-order valence-corrected chi connectivity index (χ4v) is 5.68. The van der Waals surface area contributed by atoms with E-state index in [0.717, 1.165) is 5.56 Å². The van der Waals surface area contributed by atoms with E-state index < -0.39 is 16.8 Å². The molecule has 162 valence electrons. The average molecular weight is 440 g/mol. The Kier molecular flexibility index (Phi) is 5.43. The first-order valence-electron chi connectivity index (χ1n) is 10.1. The van der Waals surface area contributed by atoms with Crippen molar-refractivity contribution in [2.45, 2.75) is 43.0 Å². The van der Waals surface area contributed by atoms with Crippen LogP contribution >= 0.6 is 11.8 Å². The van der Waals surface area contributed by atoms with E-state index in [4.69, 9.17) is 4.74 Å². The fraction of sp³-hybridized carbons (Fsp3) is 0.348. The van der Waals surface area contributed by atoms with Crippen molar-refractivity contribution in [1.29, 1.82) is 0 Å². The minimum atomic E-state index is -0.769. The predicted octanol–water partition coefficient (Wildman–Crippen LogP) is 3.19. The van der Waals surface area contributed by atoms with Gasteiger partial charge in [-0.1, -0.05) is 18.2 Å². The normalized spacial score (nSPS) is 21.8. The number of methoxy groups -OCH3 is 1. The van der Waals surface area contributed by atoms with Gasteiger partial charge in [-0.15, -0.1) is 11.8 Å². The van der Waals surface area contributed by atoms with Crippen LogP contribution in [0.2, 0.25) is 0 Å². The highest BCUT2D eigenvalue weighted by Gasteiger charge is 2.57. The predicted molar refractivity (Wildman–Crippen MR) is 120 cm³/mol. The molecule has 1 unspecified atom stereocenters. The molecule has 4 rings (SSSR count). The van der Waals surface area contributed by atoms with Crippen molar-refractivity contribution in [2.75, 3.05) is 12.4 Å². The number of thioether (sulfide) groups is 1. The van der Waals surface area contributed by atoms with Crippen molar-refractivity contribution < 1.29 is 19.1 Å². The molecule has 0 aliphatic carbocycles. The molecule has 0 saturated carbocycles. The molecule has 0 bridgehead atoms. The molecule has 7 nitrogen and oxygen atoms in total. The molecule has 2 N–H and O–H groups in total. The average Bonchev–Trinajstić information content (AvgIpc) is 3.17. The number of rotatable bonds is 5. The Hall–Kier alpha value is -3.00. The van der Waals surface area contributed by atoms with Gasteiger partial charge in [0.2, 0.25) is 11.8 Å². The summed E-state index contributed by atoms with van der Waals surface area (Å²) in [5, 5.41) is 5.38. The molecule has 3 atom stereocenters. The Morgan fingerprint density at radius 3 is 2.48 bits per heavy atom. The lowest BCUT2D eigenvalue weighted by Crippen LogP contribution is -2.55. The molecule has 0 spiro atoms. The Labute approximate surface area is 185 Å². The number of ether oxygens (including phenoxy) is 1. The smallest absolute Gasteiger partial charge is 0.256 e. The lowest BCUT2D eigenvalue weighted by atomic mass is 10.0. The monoisotopic (exact) mass is 439 g/mol. The van der Waals surface area contributed by atoms with Crippen LogP contribution in [0, 0.1) is 0 Å². The quantitative estimate of drug-likeness (QED) is 0.747. The van der Waals surface area contributed by atoms with E-state index in [1.807, 2.05) is 32.0 Å². The third-order valence-electron chi connectivity index (χ3n) is 5.65. The van der Waals surface area contributed by atoms with Gasteiger partial charge < -0.3 is 20.3 Å². The lowest BCUT2D eigenvalue weighted by molar-refractivity contribution is -0.129. The third kappa shape index (κ3) is 3.76. The molecular formula is C23H25N3O4S. The maximum atomic E-state index is 13.2. The standard InChI is InChI=1S/C23H25N3O4S/c1-13(19(27)25-14-9-11-15(30-4)12-10-14)24-20(28)18-23(2,3)31-22-17-8-6-5-7-16(17)21(29)26(18)22/h5-13,18,22H,1-4H3,(H,24,28)(H,25,27)/t13-,18+,22?/m0/s1. The van der Waals surface area contributed by atoms with Crippen molar-refractivity contribution in [2.24, 2.45) is 0 Å².